The molecule has 1 saturated heterocycles. The van der Waals surface area contributed by atoms with Gasteiger partial charge in [-0.15, -0.1) is 0 Å². The molecule has 0 amide bonds. The van der Waals surface area contributed by atoms with E-state index in [1.807, 2.05) is 17.9 Å². The lowest BCUT2D eigenvalue weighted by Gasteiger charge is -2.22. The number of methoxy groups -OCH3 is 1. The van der Waals surface area contributed by atoms with Gasteiger partial charge in [-0.05, 0) is 44.0 Å². The van der Waals surface area contributed by atoms with Crippen LogP contribution in [0.25, 0.3) is 0 Å². The maximum absolute atomic E-state index is 11.2. The molecule has 5 nitrogen and oxygen atoms in total. The number of likely N-dealkylation sites (tertiary alicyclic amines) is 1. The Morgan fingerprint density at radius 2 is 2.29 bits per heavy atom. The standard InChI is InChI=1S/C15H20ClNO4/c1-3-21-13-8-10(7-11(16)14(13)20-2)9-17-6-4-5-12(17)15(18)19/h7-8,12H,3-6,9H2,1-2H3,(H,18,19)/t12-/m0/s1. The number of hydrogen-bond acceptors (Lipinski definition) is 4. The molecule has 0 aromatic heterocycles. The van der Waals surface area contributed by atoms with Gasteiger partial charge in [0.2, 0.25) is 0 Å². The van der Waals surface area contributed by atoms with Crippen molar-refractivity contribution >= 4 is 17.6 Å². The van der Waals surface area contributed by atoms with Crippen LogP contribution in [0.5, 0.6) is 11.5 Å². The minimum absolute atomic E-state index is 0.415. The maximum Gasteiger partial charge on any atom is 0.320 e. The molecule has 1 aliphatic rings. The number of nitrogens with zero attached hydrogens (tertiary/aromatic N) is 1. The topological polar surface area (TPSA) is 59.0 Å². The number of carbonyl (C=O) groups is 1. The van der Waals surface area contributed by atoms with E-state index in [0.29, 0.717) is 36.1 Å². The van der Waals surface area contributed by atoms with E-state index in [9.17, 15) is 9.90 Å². The highest BCUT2D eigenvalue weighted by atomic mass is 35.5. The largest absolute Gasteiger partial charge is 0.491 e. The number of rotatable bonds is 6. The zero-order chi connectivity index (χ0) is 15.4. The molecule has 1 aromatic carbocycles. The summed E-state index contributed by atoms with van der Waals surface area (Å²) >= 11 is 6.21. The van der Waals surface area contributed by atoms with Crippen molar-refractivity contribution in [3.8, 4) is 11.5 Å². The van der Waals surface area contributed by atoms with Crippen molar-refractivity contribution in [1.82, 2.24) is 4.90 Å². The molecule has 1 N–H and O–H groups in total. The number of hydrogen-bond donors (Lipinski definition) is 1. The predicted octanol–water partition coefficient (Wildman–Crippen LogP) is 2.80. The second-order valence-corrected chi connectivity index (χ2v) is 5.42. The van der Waals surface area contributed by atoms with Crippen LogP contribution in [-0.4, -0.2) is 42.3 Å². The molecular formula is C15H20ClNO4. The van der Waals surface area contributed by atoms with Gasteiger partial charge in [-0.25, -0.2) is 0 Å². The monoisotopic (exact) mass is 313 g/mol. The quantitative estimate of drug-likeness (QED) is 0.875. The normalized spacial score (nSPS) is 18.7. The molecule has 0 saturated carbocycles. The molecule has 0 bridgehead atoms. The fourth-order valence-corrected chi connectivity index (χ4v) is 3.01. The van der Waals surface area contributed by atoms with Gasteiger partial charge in [0.15, 0.2) is 11.5 Å². The summed E-state index contributed by atoms with van der Waals surface area (Å²) < 4.78 is 10.8. The van der Waals surface area contributed by atoms with Gasteiger partial charge in [-0.3, -0.25) is 9.69 Å². The molecule has 2 rings (SSSR count). The van der Waals surface area contributed by atoms with Gasteiger partial charge in [0, 0.05) is 6.54 Å². The van der Waals surface area contributed by atoms with E-state index in [1.54, 1.807) is 13.2 Å². The van der Waals surface area contributed by atoms with Gasteiger partial charge in [0.05, 0.1) is 18.7 Å². The van der Waals surface area contributed by atoms with Gasteiger partial charge < -0.3 is 14.6 Å². The summed E-state index contributed by atoms with van der Waals surface area (Å²) in [6, 6.07) is 3.26. The van der Waals surface area contributed by atoms with Crippen molar-refractivity contribution in [3.05, 3.63) is 22.7 Å². The van der Waals surface area contributed by atoms with Crippen molar-refractivity contribution in [2.75, 3.05) is 20.3 Å². The van der Waals surface area contributed by atoms with Crippen LogP contribution in [0.3, 0.4) is 0 Å². The van der Waals surface area contributed by atoms with Crippen LogP contribution < -0.4 is 9.47 Å². The molecular weight excluding hydrogens is 294 g/mol. The number of ether oxygens (including phenoxy) is 2. The van der Waals surface area contributed by atoms with Crippen molar-refractivity contribution in [3.63, 3.8) is 0 Å². The first-order chi connectivity index (χ1) is 10.1. The van der Waals surface area contributed by atoms with E-state index in [-0.39, 0.29) is 0 Å². The van der Waals surface area contributed by atoms with Crippen LogP contribution in [0.2, 0.25) is 5.02 Å². The molecule has 1 aliphatic heterocycles. The predicted molar refractivity (Wildman–Crippen MR) is 80.2 cm³/mol. The lowest BCUT2D eigenvalue weighted by molar-refractivity contribution is -0.142. The Hall–Kier alpha value is -1.46. The highest BCUT2D eigenvalue weighted by Gasteiger charge is 2.30. The third kappa shape index (κ3) is 3.60. The lowest BCUT2D eigenvalue weighted by atomic mass is 10.1. The first kappa shape index (κ1) is 15.9. The number of benzene rings is 1. The highest BCUT2D eigenvalue weighted by molar-refractivity contribution is 6.32. The number of carboxylic acids is 1. The molecule has 1 aromatic rings. The summed E-state index contributed by atoms with van der Waals surface area (Å²) in [5, 5.41) is 9.70. The summed E-state index contributed by atoms with van der Waals surface area (Å²) in [6.45, 7) is 3.73. The third-order valence-electron chi connectivity index (χ3n) is 3.61. The Labute approximate surface area is 129 Å². The van der Waals surface area contributed by atoms with E-state index < -0.39 is 12.0 Å². The van der Waals surface area contributed by atoms with E-state index in [4.69, 9.17) is 21.1 Å². The average molecular weight is 314 g/mol. The molecule has 0 aliphatic carbocycles. The molecule has 116 valence electrons. The minimum atomic E-state index is -0.767. The number of aliphatic carboxylic acids is 1. The summed E-state index contributed by atoms with van der Waals surface area (Å²) in [4.78, 5) is 13.2. The maximum atomic E-state index is 11.2. The summed E-state index contributed by atoms with van der Waals surface area (Å²) in [6.07, 6.45) is 1.59. The van der Waals surface area contributed by atoms with Gasteiger partial charge >= 0.3 is 5.97 Å². The zero-order valence-electron chi connectivity index (χ0n) is 12.3. The van der Waals surface area contributed by atoms with Crippen molar-refractivity contribution in [2.45, 2.75) is 32.4 Å². The summed E-state index contributed by atoms with van der Waals surface area (Å²) in [5.41, 5.74) is 0.928. The van der Waals surface area contributed by atoms with Gasteiger partial charge in [0.25, 0.3) is 0 Å². The van der Waals surface area contributed by atoms with E-state index in [0.717, 1.165) is 18.5 Å². The van der Waals surface area contributed by atoms with E-state index in [2.05, 4.69) is 0 Å². The van der Waals surface area contributed by atoms with Crippen LogP contribution in [0.15, 0.2) is 12.1 Å². The molecule has 0 spiro atoms. The van der Waals surface area contributed by atoms with Crippen molar-refractivity contribution in [2.24, 2.45) is 0 Å². The van der Waals surface area contributed by atoms with E-state index in [1.165, 1.54) is 0 Å². The van der Waals surface area contributed by atoms with Crippen LogP contribution in [-0.2, 0) is 11.3 Å². The fourth-order valence-electron chi connectivity index (χ4n) is 2.70. The van der Waals surface area contributed by atoms with Crippen LogP contribution in [0, 0.1) is 0 Å². The SMILES string of the molecule is CCOc1cc(CN2CCC[C@H]2C(=O)O)cc(Cl)c1OC. The first-order valence-electron chi connectivity index (χ1n) is 7.02. The molecule has 1 atom stereocenters. The second-order valence-electron chi connectivity index (χ2n) is 5.01. The molecule has 0 unspecified atom stereocenters. The summed E-state index contributed by atoms with van der Waals surface area (Å²) in [7, 11) is 1.55. The van der Waals surface area contributed by atoms with Gasteiger partial charge in [-0.1, -0.05) is 11.6 Å². The van der Waals surface area contributed by atoms with Crippen molar-refractivity contribution in [1.29, 1.82) is 0 Å². The smallest absolute Gasteiger partial charge is 0.320 e. The molecule has 0 radical (unpaired) electrons. The Bertz CT molecular complexity index is 521. The number of carboxylic acid groups (broad SMARTS) is 1. The molecule has 21 heavy (non-hydrogen) atoms. The molecule has 1 fully saturated rings. The fraction of sp³-hybridized carbons (Fsp3) is 0.533. The first-order valence-corrected chi connectivity index (χ1v) is 7.40. The summed E-state index contributed by atoms with van der Waals surface area (Å²) in [5.74, 6) is 0.337. The van der Waals surface area contributed by atoms with Gasteiger partial charge in [-0.2, -0.15) is 0 Å². The zero-order valence-corrected chi connectivity index (χ0v) is 13.0. The average Bonchev–Trinajstić information content (AvgIpc) is 2.87. The number of halogens is 1. The third-order valence-corrected chi connectivity index (χ3v) is 3.89. The molecule has 1 heterocycles. The Kier molecular flexibility index (Phi) is 5.31. The van der Waals surface area contributed by atoms with E-state index >= 15 is 0 Å². The Balaban J connectivity index is 2.22. The molecule has 6 heteroatoms. The van der Waals surface area contributed by atoms with Crippen molar-refractivity contribution < 1.29 is 19.4 Å². The van der Waals surface area contributed by atoms with Gasteiger partial charge in [0.1, 0.15) is 6.04 Å². The minimum Gasteiger partial charge on any atom is -0.491 e. The highest BCUT2D eigenvalue weighted by Crippen LogP contribution is 2.37. The lowest BCUT2D eigenvalue weighted by Crippen LogP contribution is -2.35. The van der Waals surface area contributed by atoms with Crippen LogP contribution >= 0.6 is 11.6 Å². The van der Waals surface area contributed by atoms with Crippen LogP contribution in [0.4, 0.5) is 0 Å². The Morgan fingerprint density at radius 3 is 2.90 bits per heavy atom. The van der Waals surface area contributed by atoms with Crippen LogP contribution in [0.1, 0.15) is 25.3 Å². The second kappa shape index (κ2) is 7.00. The Morgan fingerprint density at radius 1 is 1.52 bits per heavy atom.